The Balaban J connectivity index is 1.84. The highest BCUT2D eigenvalue weighted by molar-refractivity contribution is 5.97. The van der Waals surface area contributed by atoms with Crippen LogP contribution in [0.1, 0.15) is 43.6 Å². The molecule has 160 valence electrons. The molecule has 0 aliphatic rings. The molecule has 0 radical (unpaired) electrons. The smallest absolute Gasteiger partial charge is 0.347 e. The lowest BCUT2D eigenvalue weighted by atomic mass is 9.87. The number of benzene rings is 2. The van der Waals surface area contributed by atoms with Gasteiger partial charge in [-0.1, -0.05) is 39.0 Å². The summed E-state index contributed by atoms with van der Waals surface area (Å²) >= 11 is 0. The fraction of sp³-hybridized carbons (Fsp3) is 0.348. The molecule has 0 bridgehead atoms. The highest BCUT2D eigenvalue weighted by Crippen LogP contribution is 2.24. The van der Waals surface area contributed by atoms with Crippen LogP contribution < -0.4 is 15.4 Å². The van der Waals surface area contributed by atoms with Gasteiger partial charge in [0.2, 0.25) is 0 Å². The van der Waals surface area contributed by atoms with Crippen LogP contribution in [-0.2, 0) is 19.7 Å². The highest BCUT2D eigenvalue weighted by atomic mass is 16.6. The van der Waals surface area contributed by atoms with E-state index in [-0.39, 0.29) is 11.3 Å². The van der Waals surface area contributed by atoms with Gasteiger partial charge in [-0.2, -0.15) is 0 Å². The van der Waals surface area contributed by atoms with E-state index in [1.54, 1.807) is 37.3 Å². The van der Waals surface area contributed by atoms with E-state index in [9.17, 15) is 14.4 Å². The van der Waals surface area contributed by atoms with Crippen LogP contribution in [0.5, 0.6) is 5.75 Å². The number of hydrogen-bond acceptors (Lipinski definition) is 5. The lowest BCUT2D eigenvalue weighted by Crippen LogP contribution is -2.29. The van der Waals surface area contributed by atoms with E-state index in [1.165, 1.54) is 13.1 Å². The molecule has 7 heteroatoms. The van der Waals surface area contributed by atoms with Crippen LogP contribution in [0.3, 0.4) is 0 Å². The first-order chi connectivity index (χ1) is 14.1. The minimum atomic E-state index is -0.866. The molecular weight excluding hydrogens is 384 g/mol. The van der Waals surface area contributed by atoms with Gasteiger partial charge in [0.05, 0.1) is 0 Å². The molecule has 0 heterocycles. The summed E-state index contributed by atoms with van der Waals surface area (Å²) in [6, 6.07) is 14.0. The number of nitrogens with one attached hydrogen (secondary N) is 2. The topological polar surface area (TPSA) is 93.7 Å². The molecular formula is C23H28N2O5. The van der Waals surface area contributed by atoms with Gasteiger partial charge < -0.3 is 20.1 Å². The predicted molar refractivity (Wildman–Crippen MR) is 115 cm³/mol. The molecule has 0 aliphatic heterocycles. The van der Waals surface area contributed by atoms with Crippen LogP contribution in [0.4, 0.5) is 5.69 Å². The number of hydrogen-bond donors (Lipinski definition) is 2. The molecule has 0 saturated carbocycles. The van der Waals surface area contributed by atoms with Crippen molar-refractivity contribution in [1.82, 2.24) is 5.32 Å². The Morgan fingerprint density at radius 1 is 1.03 bits per heavy atom. The maximum absolute atomic E-state index is 12.1. The molecule has 0 unspecified atom stereocenters. The van der Waals surface area contributed by atoms with Gasteiger partial charge in [0.1, 0.15) is 5.75 Å². The average Bonchev–Trinajstić information content (AvgIpc) is 2.71. The zero-order valence-electron chi connectivity index (χ0n) is 17.9. The zero-order chi connectivity index (χ0) is 22.3. The van der Waals surface area contributed by atoms with Gasteiger partial charge in [0, 0.05) is 18.3 Å². The first-order valence-electron chi connectivity index (χ1n) is 9.66. The van der Waals surface area contributed by atoms with Crippen molar-refractivity contribution in [3.05, 3.63) is 59.7 Å². The summed E-state index contributed by atoms with van der Waals surface area (Å²) in [6.07, 6.45) is -0.866. The fourth-order valence-corrected chi connectivity index (χ4v) is 2.62. The normalized spacial score (nSPS) is 11.9. The first-order valence-corrected chi connectivity index (χ1v) is 9.66. The summed E-state index contributed by atoms with van der Waals surface area (Å²) in [7, 11) is 1.52. The van der Waals surface area contributed by atoms with Gasteiger partial charge in [-0.25, -0.2) is 4.79 Å². The van der Waals surface area contributed by atoms with Crippen molar-refractivity contribution in [1.29, 1.82) is 0 Å². The molecule has 2 rings (SSSR count). The molecule has 1 atom stereocenters. The summed E-state index contributed by atoms with van der Waals surface area (Å²) in [4.78, 5) is 35.8. The van der Waals surface area contributed by atoms with E-state index in [1.807, 2.05) is 12.1 Å². The molecule has 2 amide bonds. The quantitative estimate of drug-likeness (QED) is 0.681. The Labute approximate surface area is 176 Å². The van der Waals surface area contributed by atoms with Gasteiger partial charge in [0.15, 0.2) is 12.7 Å². The number of esters is 1. The lowest BCUT2D eigenvalue weighted by Gasteiger charge is -2.20. The molecule has 7 nitrogen and oxygen atoms in total. The molecule has 0 aliphatic carbocycles. The van der Waals surface area contributed by atoms with Gasteiger partial charge in [-0.3, -0.25) is 9.59 Å². The van der Waals surface area contributed by atoms with Crippen molar-refractivity contribution in [2.24, 2.45) is 0 Å². The number of amides is 2. The summed E-state index contributed by atoms with van der Waals surface area (Å²) in [5.74, 6) is -0.884. The number of rotatable bonds is 7. The third-order valence-electron chi connectivity index (χ3n) is 4.35. The Bertz CT molecular complexity index is 901. The number of ether oxygens (including phenoxy) is 2. The average molecular weight is 412 g/mol. The van der Waals surface area contributed by atoms with E-state index in [2.05, 4.69) is 31.4 Å². The molecule has 0 saturated heterocycles. The second-order valence-corrected chi connectivity index (χ2v) is 7.85. The van der Waals surface area contributed by atoms with Crippen LogP contribution in [0.25, 0.3) is 0 Å². The molecule has 0 spiro atoms. The Morgan fingerprint density at radius 2 is 1.70 bits per heavy atom. The minimum Gasteiger partial charge on any atom is -0.479 e. The third kappa shape index (κ3) is 6.62. The number of carbonyl (C=O) groups is 3. The summed E-state index contributed by atoms with van der Waals surface area (Å²) < 4.78 is 10.6. The summed E-state index contributed by atoms with van der Waals surface area (Å²) in [5, 5.41) is 5.10. The number of carbonyl (C=O) groups excluding carboxylic acids is 3. The number of anilines is 1. The van der Waals surface area contributed by atoms with Crippen LogP contribution in [0.15, 0.2) is 48.5 Å². The molecule has 2 aromatic carbocycles. The molecule has 2 aromatic rings. The van der Waals surface area contributed by atoms with Gasteiger partial charge in [0.25, 0.3) is 11.8 Å². The van der Waals surface area contributed by atoms with E-state index in [4.69, 9.17) is 9.47 Å². The maximum Gasteiger partial charge on any atom is 0.347 e. The van der Waals surface area contributed by atoms with Gasteiger partial charge in [-0.05, 0) is 48.2 Å². The largest absolute Gasteiger partial charge is 0.479 e. The third-order valence-corrected chi connectivity index (χ3v) is 4.35. The summed E-state index contributed by atoms with van der Waals surface area (Å²) in [6.45, 7) is 7.44. The second kappa shape index (κ2) is 9.91. The fourth-order valence-electron chi connectivity index (χ4n) is 2.62. The van der Waals surface area contributed by atoms with E-state index in [0.29, 0.717) is 17.0 Å². The molecule has 0 fully saturated rings. The minimum absolute atomic E-state index is 0.0241. The van der Waals surface area contributed by atoms with Crippen molar-refractivity contribution in [2.45, 2.75) is 39.2 Å². The molecule has 2 N–H and O–H groups in total. The van der Waals surface area contributed by atoms with Crippen molar-refractivity contribution < 1.29 is 23.9 Å². The van der Waals surface area contributed by atoms with Crippen LogP contribution >= 0.6 is 0 Å². The zero-order valence-corrected chi connectivity index (χ0v) is 17.9. The Kier molecular flexibility index (Phi) is 7.58. The van der Waals surface area contributed by atoms with Crippen molar-refractivity contribution in [2.75, 3.05) is 19.0 Å². The monoisotopic (exact) mass is 412 g/mol. The SMILES string of the molecule is CNC(=O)c1cccc(NC(=O)COC(=O)[C@@H](C)Oc2ccc(C(C)(C)C)cc2)c1. The molecule has 0 aromatic heterocycles. The predicted octanol–water partition coefficient (Wildman–Crippen LogP) is 3.29. The van der Waals surface area contributed by atoms with Crippen LogP contribution in [-0.4, -0.2) is 37.5 Å². The maximum atomic E-state index is 12.1. The second-order valence-electron chi connectivity index (χ2n) is 7.85. The van der Waals surface area contributed by atoms with Crippen LogP contribution in [0, 0.1) is 0 Å². The standard InChI is InChI=1S/C23H28N2O5/c1-15(30-19-11-9-17(10-12-19)23(2,3)4)22(28)29-14-20(26)25-18-8-6-7-16(13-18)21(27)24-5/h6-13,15H,14H2,1-5H3,(H,24,27)(H,25,26)/t15-/m1/s1. The van der Waals surface area contributed by atoms with E-state index >= 15 is 0 Å². The molecule has 30 heavy (non-hydrogen) atoms. The first kappa shape index (κ1) is 22.9. The Morgan fingerprint density at radius 3 is 2.30 bits per heavy atom. The van der Waals surface area contributed by atoms with Crippen LogP contribution in [0.2, 0.25) is 0 Å². The van der Waals surface area contributed by atoms with Gasteiger partial charge >= 0.3 is 5.97 Å². The van der Waals surface area contributed by atoms with Crippen molar-refractivity contribution in [3.63, 3.8) is 0 Å². The Hall–Kier alpha value is -3.35. The van der Waals surface area contributed by atoms with Gasteiger partial charge in [-0.15, -0.1) is 0 Å². The lowest BCUT2D eigenvalue weighted by molar-refractivity contribution is -0.153. The highest BCUT2D eigenvalue weighted by Gasteiger charge is 2.19. The van der Waals surface area contributed by atoms with Crippen molar-refractivity contribution >= 4 is 23.5 Å². The van der Waals surface area contributed by atoms with E-state index in [0.717, 1.165) is 5.56 Å². The van der Waals surface area contributed by atoms with E-state index < -0.39 is 24.6 Å². The van der Waals surface area contributed by atoms with Crippen molar-refractivity contribution in [3.8, 4) is 5.75 Å². The summed E-state index contributed by atoms with van der Waals surface area (Å²) in [5.41, 5.74) is 2.02.